The van der Waals surface area contributed by atoms with E-state index in [0.717, 1.165) is 25.1 Å². The minimum atomic E-state index is -0.286. The van der Waals surface area contributed by atoms with Crippen LogP contribution in [0.4, 0.5) is 9.18 Å². The normalized spacial score (nSPS) is 21.4. The van der Waals surface area contributed by atoms with E-state index < -0.39 is 0 Å². The van der Waals surface area contributed by atoms with E-state index >= 15 is 0 Å². The first-order valence-electron chi connectivity index (χ1n) is 9.75. The summed E-state index contributed by atoms with van der Waals surface area (Å²) in [5, 5.41) is 2.96. The van der Waals surface area contributed by atoms with Crippen LogP contribution in [0.25, 0.3) is 0 Å². The van der Waals surface area contributed by atoms with E-state index in [4.69, 9.17) is 0 Å². The predicted octanol–water partition coefficient (Wildman–Crippen LogP) is 1.91. The number of benzene rings is 1. The van der Waals surface area contributed by atoms with Gasteiger partial charge in [-0.15, -0.1) is 0 Å². The molecule has 7 heteroatoms. The molecule has 2 aliphatic heterocycles. The van der Waals surface area contributed by atoms with E-state index in [0.29, 0.717) is 32.1 Å². The van der Waals surface area contributed by atoms with Gasteiger partial charge < -0.3 is 20.0 Å². The van der Waals surface area contributed by atoms with Crippen LogP contribution in [-0.2, 0) is 11.3 Å². The molecule has 1 aromatic carbocycles. The molecule has 0 aliphatic carbocycles. The molecule has 1 unspecified atom stereocenters. The van der Waals surface area contributed by atoms with Crippen LogP contribution in [0.1, 0.15) is 24.8 Å². The van der Waals surface area contributed by atoms with Crippen LogP contribution in [0.5, 0.6) is 0 Å². The van der Waals surface area contributed by atoms with E-state index in [1.807, 2.05) is 0 Å². The van der Waals surface area contributed by atoms with Crippen molar-refractivity contribution >= 4 is 11.9 Å². The lowest BCUT2D eigenvalue weighted by Crippen LogP contribution is -2.54. The molecule has 2 heterocycles. The lowest BCUT2D eigenvalue weighted by molar-refractivity contribution is -0.135. The SMILES string of the molecule is CN1CCCC(CCNC(=O)N2CCN(Cc3ccc(F)cc3)C(=O)C2)C1. The van der Waals surface area contributed by atoms with E-state index in [1.54, 1.807) is 21.9 Å². The zero-order valence-electron chi connectivity index (χ0n) is 16.0. The van der Waals surface area contributed by atoms with Crippen LogP contribution in [0, 0.1) is 11.7 Å². The van der Waals surface area contributed by atoms with E-state index in [2.05, 4.69) is 17.3 Å². The summed E-state index contributed by atoms with van der Waals surface area (Å²) in [7, 11) is 2.14. The maximum atomic E-state index is 13.0. The topological polar surface area (TPSA) is 55.9 Å². The molecular weight excluding hydrogens is 347 g/mol. The fourth-order valence-corrected chi connectivity index (χ4v) is 3.86. The van der Waals surface area contributed by atoms with E-state index in [-0.39, 0.29) is 24.3 Å². The third kappa shape index (κ3) is 5.66. The Morgan fingerprint density at radius 2 is 2.00 bits per heavy atom. The molecule has 1 aromatic rings. The minimum Gasteiger partial charge on any atom is -0.338 e. The highest BCUT2D eigenvalue weighted by Crippen LogP contribution is 2.17. The monoisotopic (exact) mass is 376 g/mol. The number of halogens is 1. The van der Waals surface area contributed by atoms with Gasteiger partial charge in [0.1, 0.15) is 12.4 Å². The quantitative estimate of drug-likeness (QED) is 0.854. The number of hydrogen-bond donors (Lipinski definition) is 1. The van der Waals surface area contributed by atoms with Gasteiger partial charge in [-0.1, -0.05) is 12.1 Å². The zero-order chi connectivity index (χ0) is 19.2. The molecule has 6 nitrogen and oxygen atoms in total. The number of urea groups is 1. The van der Waals surface area contributed by atoms with Gasteiger partial charge in [-0.25, -0.2) is 9.18 Å². The van der Waals surface area contributed by atoms with Crippen molar-refractivity contribution in [2.45, 2.75) is 25.8 Å². The highest BCUT2D eigenvalue weighted by atomic mass is 19.1. The van der Waals surface area contributed by atoms with Crippen molar-refractivity contribution in [3.63, 3.8) is 0 Å². The number of nitrogens with one attached hydrogen (secondary N) is 1. The smallest absolute Gasteiger partial charge is 0.317 e. The zero-order valence-corrected chi connectivity index (χ0v) is 16.0. The molecule has 3 amide bonds. The number of carbonyl (C=O) groups is 2. The summed E-state index contributed by atoms with van der Waals surface area (Å²) < 4.78 is 13.0. The van der Waals surface area contributed by atoms with Crippen LogP contribution < -0.4 is 5.32 Å². The Kier molecular flexibility index (Phi) is 6.66. The highest BCUT2D eigenvalue weighted by molar-refractivity contribution is 5.85. The molecule has 3 rings (SSSR count). The number of rotatable bonds is 5. The van der Waals surface area contributed by atoms with Gasteiger partial charge >= 0.3 is 6.03 Å². The molecule has 0 aromatic heterocycles. The number of likely N-dealkylation sites (tertiary alicyclic amines) is 1. The largest absolute Gasteiger partial charge is 0.338 e. The molecule has 2 aliphatic rings. The molecule has 0 radical (unpaired) electrons. The van der Waals surface area contributed by atoms with Crippen LogP contribution in [0.15, 0.2) is 24.3 Å². The first-order valence-corrected chi connectivity index (χ1v) is 9.75. The molecule has 1 atom stereocenters. The average molecular weight is 376 g/mol. The van der Waals surface area contributed by atoms with Gasteiger partial charge in [0, 0.05) is 32.7 Å². The standard InChI is InChI=1S/C20H29FN4O2/c1-23-10-2-3-16(13-23)8-9-22-20(27)25-12-11-24(19(26)15-25)14-17-4-6-18(21)7-5-17/h4-7,16H,2-3,8-15H2,1H3,(H,22,27). The van der Waals surface area contributed by atoms with Gasteiger partial charge in [-0.3, -0.25) is 4.79 Å². The highest BCUT2D eigenvalue weighted by Gasteiger charge is 2.27. The van der Waals surface area contributed by atoms with E-state index in [1.165, 1.54) is 25.0 Å². The van der Waals surface area contributed by atoms with Crippen LogP contribution >= 0.6 is 0 Å². The van der Waals surface area contributed by atoms with Gasteiger partial charge in [0.15, 0.2) is 0 Å². The summed E-state index contributed by atoms with van der Waals surface area (Å²) in [5.41, 5.74) is 0.889. The van der Waals surface area contributed by atoms with Crippen molar-refractivity contribution in [2.75, 3.05) is 46.3 Å². The maximum Gasteiger partial charge on any atom is 0.317 e. The van der Waals surface area contributed by atoms with Crippen molar-refractivity contribution in [3.8, 4) is 0 Å². The third-order valence-corrected chi connectivity index (χ3v) is 5.44. The Labute approximate surface area is 160 Å². The number of hydrogen-bond acceptors (Lipinski definition) is 3. The molecule has 1 N–H and O–H groups in total. The second-order valence-electron chi connectivity index (χ2n) is 7.65. The lowest BCUT2D eigenvalue weighted by atomic mass is 9.95. The van der Waals surface area contributed by atoms with Gasteiger partial charge in [-0.05, 0) is 56.5 Å². The number of piperidine rings is 1. The lowest BCUT2D eigenvalue weighted by Gasteiger charge is -2.34. The second-order valence-corrected chi connectivity index (χ2v) is 7.65. The number of carbonyl (C=O) groups excluding carboxylic acids is 2. The van der Waals surface area contributed by atoms with Crippen LogP contribution in [0.2, 0.25) is 0 Å². The average Bonchev–Trinajstić information content (AvgIpc) is 2.65. The van der Waals surface area contributed by atoms with Crippen molar-refractivity contribution in [3.05, 3.63) is 35.6 Å². The Morgan fingerprint density at radius 1 is 1.22 bits per heavy atom. The minimum absolute atomic E-state index is 0.0744. The van der Waals surface area contributed by atoms with Crippen LogP contribution in [0.3, 0.4) is 0 Å². The van der Waals surface area contributed by atoms with Crippen molar-refractivity contribution in [1.82, 2.24) is 20.0 Å². The summed E-state index contributed by atoms with van der Waals surface area (Å²) in [6, 6.07) is 6.00. The number of piperazine rings is 1. The Morgan fingerprint density at radius 3 is 2.70 bits per heavy atom. The number of amides is 3. The predicted molar refractivity (Wildman–Crippen MR) is 102 cm³/mol. The van der Waals surface area contributed by atoms with Crippen molar-refractivity contribution < 1.29 is 14.0 Å². The Bertz CT molecular complexity index is 652. The molecule has 0 spiro atoms. The molecule has 27 heavy (non-hydrogen) atoms. The van der Waals surface area contributed by atoms with Crippen LogP contribution in [-0.4, -0.2) is 73.0 Å². The van der Waals surface area contributed by atoms with Crippen molar-refractivity contribution in [1.29, 1.82) is 0 Å². The molecule has 2 saturated heterocycles. The first-order chi connectivity index (χ1) is 13.0. The summed E-state index contributed by atoms with van der Waals surface area (Å²) >= 11 is 0. The fraction of sp³-hybridized carbons (Fsp3) is 0.600. The summed E-state index contributed by atoms with van der Waals surface area (Å²) in [6.07, 6.45) is 3.43. The molecule has 148 valence electrons. The van der Waals surface area contributed by atoms with Crippen molar-refractivity contribution in [2.24, 2.45) is 5.92 Å². The van der Waals surface area contributed by atoms with Gasteiger partial charge in [0.25, 0.3) is 0 Å². The summed E-state index contributed by atoms with van der Waals surface area (Å²) in [6.45, 7) is 4.47. The number of nitrogens with zero attached hydrogens (tertiary/aromatic N) is 3. The first kappa shape index (κ1) is 19.6. The molecular formula is C20H29FN4O2. The summed E-state index contributed by atoms with van der Waals surface area (Å²) in [5.74, 6) is 0.277. The molecule has 0 saturated carbocycles. The molecule has 2 fully saturated rings. The van der Waals surface area contributed by atoms with Gasteiger partial charge in [0.05, 0.1) is 0 Å². The fourth-order valence-electron chi connectivity index (χ4n) is 3.86. The Hall–Kier alpha value is -2.15. The third-order valence-electron chi connectivity index (χ3n) is 5.44. The summed E-state index contributed by atoms with van der Waals surface area (Å²) in [4.78, 5) is 30.3. The second kappa shape index (κ2) is 9.17. The van der Waals surface area contributed by atoms with E-state index in [9.17, 15) is 14.0 Å². The van der Waals surface area contributed by atoms with Gasteiger partial charge in [0.2, 0.25) is 5.91 Å². The maximum absolute atomic E-state index is 13.0. The molecule has 0 bridgehead atoms. The van der Waals surface area contributed by atoms with Gasteiger partial charge in [-0.2, -0.15) is 0 Å². The Balaban J connectivity index is 1.39.